The van der Waals surface area contributed by atoms with Crippen LogP contribution in [0.1, 0.15) is 123 Å². The number of allylic oxidation sites excluding steroid dienone is 4. The molecule has 0 bridgehead atoms. The number of amides is 4. The fraction of sp³-hybridized carbons (Fsp3) is 0.444. The number of hydrogen-bond acceptors (Lipinski definition) is 20. The van der Waals surface area contributed by atoms with Crippen LogP contribution in [0.25, 0.3) is 0 Å². The van der Waals surface area contributed by atoms with Crippen molar-refractivity contribution < 1.29 is 57.2 Å². The minimum absolute atomic E-state index is 0.00727. The number of nitriles is 2. The van der Waals surface area contributed by atoms with Gasteiger partial charge in [-0.15, -0.1) is 0 Å². The van der Waals surface area contributed by atoms with Crippen LogP contribution in [0, 0.1) is 46.3 Å². The van der Waals surface area contributed by atoms with Crippen LogP contribution in [0.5, 0.6) is 23.0 Å². The van der Waals surface area contributed by atoms with E-state index in [9.17, 15) is 39.3 Å². The molecule has 6 aliphatic rings. The lowest BCUT2D eigenvalue weighted by atomic mass is 9.76. The highest BCUT2D eigenvalue weighted by molar-refractivity contribution is 6.33. The van der Waals surface area contributed by atoms with E-state index in [1.54, 1.807) is 48.3 Å². The van der Waals surface area contributed by atoms with Gasteiger partial charge < -0.3 is 60.3 Å². The van der Waals surface area contributed by atoms with E-state index in [1.165, 1.54) is 24.3 Å². The summed E-state index contributed by atoms with van der Waals surface area (Å²) in [6.45, 7) is 2.48. The van der Waals surface area contributed by atoms with Crippen LogP contribution in [0.4, 0.5) is 11.4 Å². The number of piperidine rings is 2. The number of anilines is 2. The minimum atomic E-state index is -1.06. The van der Waals surface area contributed by atoms with Crippen molar-refractivity contribution in [3.8, 4) is 35.1 Å². The number of fused-ring (bicyclic) bond motifs is 2. The molecule has 98 heavy (non-hydrogen) atoms. The number of hydrogen-bond donors (Lipinski definition) is 4. The van der Waals surface area contributed by atoms with E-state index in [2.05, 4.69) is 34.9 Å². The van der Waals surface area contributed by atoms with E-state index in [-0.39, 0.29) is 118 Å². The zero-order valence-electron chi connectivity index (χ0n) is 55.4. The molecule has 2 unspecified atom stereocenters. The van der Waals surface area contributed by atoms with Gasteiger partial charge in [0.1, 0.15) is 24.3 Å². The Labute approximate surface area is 580 Å². The summed E-state index contributed by atoms with van der Waals surface area (Å²) in [5.74, 6) is -0.318. The number of nitrogens with two attached hydrogens (primary N) is 2. The van der Waals surface area contributed by atoms with Crippen LogP contribution in [0.3, 0.4) is 0 Å². The maximum atomic E-state index is 14.0. The first-order chi connectivity index (χ1) is 47.4. The molecule has 4 aromatic rings. The first-order valence-corrected chi connectivity index (χ1v) is 33.8. The summed E-state index contributed by atoms with van der Waals surface area (Å²) >= 11 is 12.9. The summed E-state index contributed by atoms with van der Waals surface area (Å²) in [4.78, 5) is 86.1. The molecule has 6 N–H and O–H groups in total. The molecule has 4 aromatic carbocycles. The van der Waals surface area contributed by atoms with Crippen molar-refractivity contribution in [2.45, 2.75) is 101 Å². The zero-order chi connectivity index (χ0) is 69.6. The fourth-order valence-electron chi connectivity index (χ4n) is 13.7. The number of rotatable bonds is 26. The second-order valence-corrected chi connectivity index (χ2v) is 25.8. The third-order valence-corrected chi connectivity index (χ3v) is 19.7. The number of ether oxygens (including phenoxy) is 6. The number of likely N-dealkylation sites (tertiary alicyclic amines) is 2. The van der Waals surface area contributed by atoms with E-state index in [0.29, 0.717) is 138 Å². The fourth-order valence-corrected chi connectivity index (χ4v) is 14.1. The number of carbonyl (C=O) groups excluding carboxylic acids is 6. The Morgan fingerprint density at radius 1 is 0.561 bits per heavy atom. The minimum Gasteiger partial charge on any atom is -0.493 e. The number of nitrogen functional groups attached to an aromatic ring is 2. The second kappa shape index (κ2) is 33.2. The normalized spacial score (nSPS) is 20.1. The van der Waals surface area contributed by atoms with Crippen molar-refractivity contribution >= 4 is 81.6 Å². The van der Waals surface area contributed by atoms with Crippen molar-refractivity contribution in [1.29, 1.82) is 10.5 Å². The Bertz CT molecular complexity index is 3660. The van der Waals surface area contributed by atoms with Crippen molar-refractivity contribution in [1.82, 2.24) is 30.5 Å². The molecule has 4 amide bonds. The van der Waals surface area contributed by atoms with Gasteiger partial charge in [0.2, 0.25) is 23.6 Å². The van der Waals surface area contributed by atoms with Crippen LogP contribution < -0.4 is 41.0 Å². The average molecular weight is 1380 g/mol. The molecule has 2 fully saturated rings. The van der Waals surface area contributed by atoms with Crippen molar-refractivity contribution in [2.24, 2.45) is 33.9 Å². The summed E-state index contributed by atoms with van der Waals surface area (Å²) in [6, 6.07) is 20.9. The summed E-state index contributed by atoms with van der Waals surface area (Å²) in [5.41, 5.74) is 16.4. The van der Waals surface area contributed by atoms with E-state index >= 15 is 0 Å². The molecule has 2 saturated heterocycles. The molecular weight excluding hydrogens is 1300 g/mol. The SMILES string of the molecule is COc1ccc(C2=NN(C3CCN(C(=O)CCCNCC(OC(=O)/C=C/C(=O)OC(CNCCCC(=O)N4CCC(N5N=C(c6ccc(OC)c(OC)c6)[C@H]6CC=CC[C@H]6C5=O)CC4)c4cc(Cl)c(N)c(C#N)c4)c4cc(Cl)c(N)c(C#N)c4)CC3)C(=O)[C@@H]3CC=CC[C@H]23)cc1OC. The van der Waals surface area contributed by atoms with Crippen LogP contribution in [-0.2, 0) is 38.2 Å². The molecule has 6 atom stereocenters. The monoisotopic (exact) mass is 1380 g/mol. The van der Waals surface area contributed by atoms with Gasteiger partial charge in [-0.05, 0) is 149 Å². The predicted octanol–water partition coefficient (Wildman–Crippen LogP) is 8.74. The number of nitrogens with one attached hydrogen (secondary N) is 2. The Hall–Kier alpha value is -9.46. The standard InChI is InChI=1S/C72H82Cl2N12O12/c1-93-57-19-17-43(37-59(57)95-3)69-51-11-5-7-13-53(51)71(91)85(81-69)49-23-29-83(30-24-49)63(87)15-9-27-79-41-61(45-33-47(39-75)67(77)55(73)35-45)97-65(89)21-22-66(90)98-62(46-34-48(40-76)68(78)56(74)36-46)42-80-28-10-16-64(88)84-31-25-50(26-32-84)86-72(92)54-14-8-6-12-52(54)70(82-86)44-18-20-58(94-2)60(38-44)96-4/h5-8,17-22,33-38,49-54,61-62,79-80H,9-16,23-32,41-42,77-78H2,1-4H3/b22-21+/t51-,52-,53+,54+,61?,62?/m0/s1. The third-order valence-electron chi connectivity index (χ3n) is 19.1. The third kappa shape index (κ3) is 16.6. The van der Waals surface area contributed by atoms with Gasteiger partial charge >= 0.3 is 11.9 Å². The summed E-state index contributed by atoms with van der Waals surface area (Å²) in [5, 5.41) is 39.7. The van der Waals surface area contributed by atoms with Crippen LogP contribution in [-0.4, -0.2) is 160 Å². The van der Waals surface area contributed by atoms with Crippen molar-refractivity contribution in [2.75, 3.05) is 92.3 Å². The Balaban J connectivity index is 0.704. The molecule has 2 aliphatic carbocycles. The van der Waals surface area contributed by atoms with Gasteiger partial charge in [0.15, 0.2) is 23.0 Å². The quantitative estimate of drug-likeness (QED) is 0.0150. The highest BCUT2D eigenvalue weighted by Gasteiger charge is 2.45. The van der Waals surface area contributed by atoms with Crippen molar-refractivity contribution in [3.05, 3.63) is 141 Å². The van der Waals surface area contributed by atoms with Gasteiger partial charge in [0.05, 0.1) is 96.3 Å². The van der Waals surface area contributed by atoms with Crippen molar-refractivity contribution in [3.63, 3.8) is 0 Å². The summed E-state index contributed by atoms with van der Waals surface area (Å²) in [7, 11) is 6.33. The number of halogens is 2. The molecule has 0 saturated carbocycles. The second-order valence-electron chi connectivity index (χ2n) is 25.0. The maximum absolute atomic E-state index is 14.0. The number of hydrazone groups is 2. The number of esters is 2. The van der Waals surface area contributed by atoms with Gasteiger partial charge in [0.25, 0.3) is 0 Å². The molecule has 0 aromatic heterocycles. The lowest BCUT2D eigenvalue weighted by Crippen LogP contribution is -2.52. The van der Waals surface area contributed by atoms with E-state index in [0.717, 1.165) is 34.7 Å². The smallest absolute Gasteiger partial charge is 0.331 e. The largest absolute Gasteiger partial charge is 0.493 e. The number of benzene rings is 4. The van der Waals surface area contributed by atoms with E-state index < -0.39 is 24.1 Å². The molecular formula is C72H82Cl2N12O12. The van der Waals surface area contributed by atoms with Gasteiger partial charge in [-0.1, -0.05) is 47.5 Å². The number of nitrogens with zero attached hydrogens (tertiary/aromatic N) is 8. The molecule has 0 radical (unpaired) electrons. The Morgan fingerprint density at radius 2 is 0.929 bits per heavy atom. The molecule has 4 aliphatic heterocycles. The van der Waals surface area contributed by atoms with E-state index in [4.69, 9.17) is 73.3 Å². The summed E-state index contributed by atoms with van der Waals surface area (Å²) < 4.78 is 33.9. The Morgan fingerprint density at radius 3 is 1.29 bits per heavy atom. The highest BCUT2D eigenvalue weighted by Crippen LogP contribution is 2.41. The molecule has 516 valence electrons. The van der Waals surface area contributed by atoms with Gasteiger partial charge in [-0.2, -0.15) is 20.7 Å². The predicted molar refractivity (Wildman–Crippen MR) is 368 cm³/mol. The van der Waals surface area contributed by atoms with Crippen LogP contribution >= 0.6 is 23.2 Å². The molecule has 0 spiro atoms. The zero-order valence-corrected chi connectivity index (χ0v) is 56.9. The topological polar surface area (TPSA) is 319 Å². The lowest BCUT2D eigenvalue weighted by molar-refractivity contribution is -0.146. The molecule has 24 nitrogen and oxygen atoms in total. The Kier molecular flexibility index (Phi) is 24.2. The molecule has 26 heteroatoms. The van der Waals surface area contributed by atoms with Crippen LogP contribution in [0.15, 0.2) is 107 Å². The first kappa shape index (κ1) is 71.3. The number of methoxy groups -OCH3 is 4. The van der Waals surface area contributed by atoms with Crippen LogP contribution in [0.2, 0.25) is 10.0 Å². The van der Waals surface area contributed by atoms with E-state index in [1.807, 2.05) is 48.5 Å². The average Bonchev–Trinajstić information content (AvgIpc) is 0.803. The molecule has 10 rings (SSSR count). The van der Waals surface area contributed by atoms with Gasteiger partial charge in [0, 0.05) is 87.2 Å². The maximum Gasteiger partial charge on any atom is 0.331 e. The number of carbonyl (C=O) groups is 6. The molecule has 4 heterocycles. The van der Waals surface area contributed by atoms with Gasteiger partial charge in [-0.25, -0.2) is 19.6 Å². The first-order valence-electron chi connectivity index (χ1n) is 33.1. The van der Waals surface area contributed by atoms with Gasteiger partial charge in [-0.3, -0.25) is 19.2 Å². The lowest BCUT2D eigenvalue weighted by Gasteiger charge is -2.42. The highest BCUT2D eigenvalue weighted by atomic mass is 35.5. The summed E-state index contributed by atoms with van der Waals surface area (Å²) in [6.07, 6.45) is 14.1.